The van der Waals surface area contributed by atoms with Gasteiger partial charge in [0.25, 0.3) is 0 Å². The number of nitrogens with one attached hydrogen (secondary N) is 1. The monoisotopic (exact) mass is 585 g/mol. The Morgan fingerprint density at radius 2 is 1.49 bits per heavy atom. The topological polar surface area (TPSA) is 124 Å². The number of aliphatic hydroxyl groups is 1. The number of nitrogens with zero attached hydrogens (tertiary/aromatic N) is 4. The number of aryl methyl sites for hydroxylation is 1. The minimum absolute atomic E-state index is 0.150. The van der Waals surface area contributed by atoms with Crippen LogP contribution >= 0.6 is 0 Å². The van der Waals surface area contributed by atoms with Crippen molar-refractivity contribution < 1.29 is 28.5 Å². The van der Waals surface area contributed by atoms with Crippen molar-refractivity contribution in [1.29, 1.82) is 0 Å². The summed E-state index contributed by atoms with van der Waals surface area (Å²) < 4.78 is 39.1. The van der Waals surface area contributed by atoms with E-state index in [1.807, 2.05) is 18.2 Å². The average Bonchev–Trinajstić information content (AvgIpc) is 3.01. The minimum atomic E-state index is -4.46. The number of pyridine rings is 2. The molecule has 0 saturated carbocycles. The maximum absolute atomic E-state index is 13.0. The van der Waals surface area contributed by atoms with Gasteiger partial charge < -0.3 is 20.6 Å². The number of benzene rings is 3. The molecule has 8 nitrogen and oxygen atoms in total. The van der Waals surface area contributed by atoms with Gasteiger partial charge in [0.05, 0.1) is 23.9 Å². The predicted molar refractivity (Wildman–Crippen MR) is 156 cm³/mol. The van der Waals surface area contributed by atoms with E-state index < -0.39 is 17.8 Å². The fraction of sp³-hybridized carbons (Fsp3) is 0.125. The Bertz CT molecular complexity index is 1880. The van der Waals surface area contributed by atoms with Crippen LogP contribution in [0.2, 0.25) is 0 Å². The van der Waals surface area contributed by atoms with Crippen LogP contribution < -0.4 is 5.32 Å². The van der Waals surface area contributed by atoms with E-state index in [0.29, 0.717) is 33.4 Å². The van der Waals surface area contributed by atoms with E-state index in [1.54, 1.807) is 61.8 Å². The number of phenolic OH excluding ortho intramolecular Hbond substituents is 2. The summed E-state index contributed by atoms with van der Waals surface area (Å²) in [6.45, 7) is 1.49. The Labute approximate surface area is 244 Å². The fourth-order valence-electron chi connectivity index (χ4n) is 4.49. The quantitative estimate of drug-likeness (QED) is 0.176. The molecule has 0 saturated heterocycles. The van der Waals surface area contributed by atoms with Gasteiger partial charge in [-0.05, 0) is 48.9 Å². The van der Waals surface area contributed by atoms with Crippen molar-refractivity contribution in [3.8, 4) is 11.5 Å². The molecular weight excluding hydrogens is 559 g/mol. The van der Waals surface area contributed by atoms with Crippen LogP contribution in [0.4, 0.5) is 19.1 Å². The molecule has 6 rings (SSSR count). The summed E-state index contributed by atoms with van der Waals surface area (Å²) in [6, 6.07) is 21.5. The zero-order valence-electron chi connectivity index (χ0n) is 22.8. The van der Waals surface area contributed by atoms with Crippen LogP contribution in [0.5, 0.6) is 11.5 Å². The molecule has 0 bridgehead atoms. The number of halogens is 3. The van der Waals surface area contributed by atoms with Crippen molar-refractivity contribution in [2.45, 2.75) is 25.7 Å². The number of phenols is 2. The highest BCUT2D eigenvalue weighted by Gasteiger charge is 2.31. The number of alkyl halides is 3. The first-order valence-electron chi connectivity index (χ1n) is 13.1. The van der Waals surface area contributed by atoms with Gasteiger partial charge in [0.1, 0.15) is 22.5 Å². The number of anilines is 1. The lowest BCUT2D eigenvalue weighted by Crippen LogP contribution is -2.15. The molecule has 3 aromatic carbocycles. The molecule has 0 amide bonds. The average molecular weight is 586 g/mol. The number of hydrogen-bond donors (Lipinski definition) is 4. The summed E-state index contributed by atoms with van der Waals surface area (Å²) in [5.74, 6) is 0.345. The van der Waals surface area contributed by atoms with Gasteiger partial charge in [-0.1, -0.05) is 48.5 Å². The lowest BCUT2D eigenvalue weighted by atomic mass is 9.95. The Balaban J connectivity index is 0.000000279. The third-order valence-electron chi connectivity index (χ3n) is 6.65. The van der Waals surface area contributed by atoms with Gasteiger partial charge in [0.15, 0.2) is 0 Å². The summed E-state index contributed by atoms with van der Waals surface area (Å²) in [5.41, 5.74) is 2.09. The van der Waals surface area contributed by atoms with Gasteiger partial charge >= 0.3 is 6.18 Å². The number of rotatable bonds is 5. The molecule has 0 unspecified atom stereocenters. The Morgan fingerprint density at radius 1 is 0.767 bits per heavy atom. The fourth-order valence-corrected chi connectivity index (χ4v) is 4.49. The molecule has 0 fully saturated rings. The summed E-state index contributed by atoms with van der Waals surface area (Å²) in [4.78, 5) is 16.8. The molecular formula is C32H26F3N5O3. The summed E-state index contributed by atoms with van der Waals surface area (Å²) in [6.07, 6.45) is -1.23. The smallest absolute Gasteiger partial charge is 0.416 e. The van der Waals surface area contributed by atoms with Gasteiger partial charge in [0, 0.05) is 34.4 Å². The van der Waals surface area contributed by atoms with Crippen molar-refractivity contribution in [2.24, 2.45) is 0 Å². The van der Waals surface area contributed by atoms with Crippen molar-refractivity contribution >= 4 is 27.8 Å². The summed E-state index contributed by atoms with van der Waals surface area (Å²) >= 11 is 0. The summed E-state index contributed by atoms with van der Waals surface area (Å²) in [7, 11) is 0. The van der Waals surface area contributed by atoms with E-state index >= 15 is 0 Å². The van der Waals surface area contributed by atoms with Gasteiger partial charge in [-0.2, -0.15) is 13.2 Å². The van der Waals surface area contributed by atoms with E-state index in [0.717, 1.165) is 17.5 Å². The van der Waals surface area contributed by atoms with E-state index in [1.165, 1.54) is 12.1 Å². The molecule has 4 N–H and O–H groups in total. The first kappa shape index (κ1) is 29.2. The molecule has 0 spiro atoms. The number of aromatic hydroxyl groups is 2. The summed E-state index contributed by atoms with van der Waals surface area (Å²) in [5, 5.41) is 34.4. The highest BCUT2D eigenvalue weighted by atomic mass is 19.4. The molecule has 0 aliphatic heterocycles. The SMILES string of the molecule is Cc1ccnc(N[C@H](c2ccc(C(F)(F)F)cc2)c2ccc3ccc(CO)nc3c2O)n1.Oc1cccc2cccnc12. The Morgan fingerprint density at radius 3 is 2.19 bits per heavy atom. The number of para-hydroxylation sites is 1. The highest BCUT2D eigenvalue weighted by Crippen LogP contribution is 2.37. The minimum Gasteiger partial charge on any atom is -0.506 e. The second-order valence-electron chi connectivity index (χ2n) is 9.61. The maximum atomic E-state index is 13.0. The molecule has 0 aliphatic rings. The zero-order chi connectivity index (χ0) is 30.6. The highest BCUT2D eigenvalue weighted by molar-refractivity contribution is 5.86. The maximum Gasteiger partial charge on any atom is 0.416 e. The third-order valence-corrected chi connectivity index (χ3v) is 6.65. The van der Waals surface area contributed by atoms with Crippen LogP contribution in [-0.4, -0.2) is 35.3 Å². The lowest BCUT2D eigenvalue weighted by Gasteiger charge is -2.22. The normalized spacial score (nSPS) is 12.0. The molecule has 43 heavy (non-hydrogen) atoms. The Hall–Kier alpha value is -5.29. The van der Waals surface area contributed by atoms with Crippen LogP contribution in [0.1, 0.15) is 34.1 Å². The van der Waals surface area contributed by atoms with Gasteiger partial charge in [-0.15, -0.1) is 0 Å². The van der Waals surface area contributed by atoms with E-state index in [2.05, 4.69) is 25.3 Å². The molecule has 1 atom stereocenters. The molecule has 11 heteroatoms. The molecule has 218 valence electrons. The van der Waals surface area contributed by atoms with Crippen LogP contribution in [0.25, 0.3) is 21.8 Å². The van der Waals surface area contributed by atoms with E-state index in [9.17, 15) is 28.5 Å². The molecule has 0 aliphatic carbocycles. The third kappa shape index (κ3) is 6.62. The standard InChI is InChI=1S/C23H19F3N4O2.C9H7NO/c1-13-10-11-27-22(28-13)30-19(14-2-6-16(7-3-14)23(24,25)26)18-9-5-15-4-8-17(12-31)29-20(15)21(18)32;11-8-5-1-3-7-4-2-6-10-9(7)8/h2-11,19,31-32H,12H2,1H3,(H,27,28,30);1-6,11H/t19-;/m1./s1. The second-order valence-corrected chi connectivity index (χ2v) is 9.61. The van der Waals surface area contributed by atoms with Gasteiger partial charge in [-0.25, -0.2) is 15.0 Å². The van der Waals surface area contributed by atoms with Crippen LogP contribution in [0, 0.1) is 6.92 Å². The first-order valence-corrected chi connectivity index (χ1v) is 13.1. The zero-order valence-corrected chi connectivity index (χ0v) is 22.8. The molecule has 6 aromatic rings. The van der Waals surface area contributed by atoms with Gasteiger partial charge in [-0.3, -0.25) is 4.98 Å². The first-order chi connectivity index (χ1) is 20.6. The molecule has 0 radical (unpaired) electrons. The molecule has 3 aromatic heterocycles. The number of hydrogen-bond acceptors (Lipinski definition) is 8. The van der Waals surface area contributed by atoms with Crippen LogP contribution in [-0.2, 0) is 12.8 Å². The van der Waals surface area contributed by atoms with Crippen molar-refractivity contribution in [3.05, 3.63) is 125 Å². The number of fused-ring (bicyclic) bond motifs is 2. The van der Waals surface area contributed by atoms with Crippen molar-refractivity contribution in [1.82, 2.24) is 19.9 Å². The Kier molecular flexibility index (Phi) is 8.35. The van der Waals surface area contributed by atoms with E-state index in [-0.39, 0.29) is 29.6 Å². The largest absolute Gasteiger partial charge is 0.506 e. The van der Waals surface area contributed by atoms with E-state index in [4.69, 9.17) is 0 Å². The lowest BCUT2D eigenvalue weighted by molar-refractivity contribution is -0.137. The van der Waals surface area contributed by atoms with Crippen LogP contribution in [0.3, 0.4) is 0 Å². The van der Waals surface area contributed by atoms with Crippen molar-refractivity contribution in [2.75, 3.05) is 5.32 Å². The number of aromatic nitrogens is 4. The number of aliphatic hydroxyl groups excluding tert-OH is 1. The van der Waals surface area contributed by atoms with Gasteiger partial charge in [0.2, 0.25) is 5.95 Å². The van der Waals surface area contributed by atoms with Crippen molar-refractivity contribution in [3.63, 3.8) is 0 Å². The predicted octanol–water partition coefficient (Wildman–Crippen LogP) is 6.69. The van der Waals surface area contributed by atoms with Crippen LogP contribution in [0.15, 0.2) is 97.3 Å². The molecule has 3 heterocycles. The second kappa shape index (κ2) is 12.3.